The predicted octanol–water partition coefficient (Wildman–Crippen LogP) is 2.60. The van der Waals surface area contributed by atoms with Gasteiger partial charge in [0.25, 0.3) is 0 Å². The molecule has 2 nitrogen and oxygen atoms in total. The van der Waals surface area contributed by atoms with E-state index >= 15 is 0 Å². The lowest BCUT2D eigenvalue weighted by Gasteiger charge is -1.99. The molecular formula is C10H8BrNO. The molecule has 0 saturated carbocycles. The van der Waals surface area contributed by atoms with Gasteiger partial charge in [0.1, 0.15) is 6.29 Å². The topological polar surface area (TPSA) is 22.0 Å². The van der Waals surface area contributed by atoms with E-state index in [1.54, 1.807) is 0 Å². The van der Waals surface area contributed by atoms with Gasteiger partial charge in [-0.1, -0.05) is 22.0 Å². The molecule has 0 bridgehead atoms. The van der Waals surface area contributed by atoms with Crippen LogP contribution in [0, 0.1) is 0 Å². The molecule has 0 aliphatic rings. The molecule has 0 aliphatic carbocycles. The normalized spacial score (nSPS) is 10.5. The Bertz CT molecular complexity index is 447. The molecule has 66 valence electrons. The van der Waals surface area contributed by atoms with E-state index in [1.165, 1.54) is 0 Å². The molecule has 0 radical (unpaired) electrons. The molecule has 1 aromatic heterocycles. The number of carbonyl (C=O) groups is 1. The van der Waals surface area contributed by atoms with E-state index in [-0.39, 0.29) is 0 Å². The van der Waals surface area contributed by atoms with Crippen LogP contribution in [0.15, 0.2) is 34.9 Å². The molecule has 0 unspecified atom stereocenters. The third kappa shape index (κ3) is 1.40. The molecule has 13 heavy (non-hydrogen) atoms. The lowest BCUT2D eigenvalue weighted by molar-refractivity contribution is -0.108. The average Bonchev–Trinajstić information content (AvgIpc) is 2.51. The van der Waals surface area contributed by atoms with Gasteiger partial charge in [0.15, 0.2) is 0 Å². The summed E-state index contributed by atoms with van der Waals surface area (Å²) in [6.45, 7) is 0.417. The van der Waals surface area contributed by atoms with E-state index in [9.17, 15) is 4.79 Å². The van der Waals surface area contributed by atoms with Crippen molar-refractivity contribution in [3.63, 3.8) is 0 Å². The van der Waals surface area contributed by atoms with Crippen molar-refractivity contribution in [1.82, 2.24) is 4.57 Å². The summed E-state index contributed by atoms with van der Waals surface area (Å²) in [6, 6.07) is 7.97. The van der Waals surface area contributed by atoms with Gasteiger partial charge in [-0.05, 0) is 18.2 Å². The van der Waals surface area contributed by atoms with E-state index in [2.05, 4.69) is 15.9 Å². The quantitative estimate of drug-likeness (QED) is 0.737. The van der Waals surface area contributed by atoms with Gasteiger partial charge in [-0.2, -0.15) is 0 Å². The third-order valence-corrected chi connectivity index (χ3v) is 2.72. The second-order valence-corrected chi connectivity index (χ2v) is 3.66. The van der Waals surface area contributed by atoms with E-state index < -0.39 is 0 Å². The van der Waals surface area contributed by atoms with Gasteiger partial charge in [0.2, 0.25) is 0 Å². The fourth-order valence-electron chi connectivity index (χ4n) is 1.43. The summed E-state index contributed by atoms with van der Waals surface area (Å²) in [5, 5.41) is 1.14. The van der Waals surface area contributed by atoms with Gasteiger partial charge in [-0.3, -0.25) is 0 Å². The number of rotatable bonds is 2. The van der Waals surface area contributed by atoms with E-state index in [0.717, 1.165) is 21.7 Å². The van der Waals surface area contributed by atoms with Crippen molar-refractivity contribution in [2.24, 2.45) is 0 Å². The van der Waals surface area contributed by atoms with Crippen molar-refractivity contribution in [2.75, 3.05) is 0 Å². The Morgan fingerprint density at radius 2 is 2.23 bits per heavy atom. The van der Waals surface area contributed by atoms with Crippen molar-refractivity contribution >= 4 is 33.1 Å². The van der Waals surface area contributed by atoms with Crippen LogP contribution in [-0.4, -0.2) is 10.9 Å². The number of carbonyl (C=O) groups excluding carboxylic acids is 1. The fraction of sp³-hybridized carbons (Fsp3) is 0.100. The maximum absolute atomic E-state index is 10.4. The predicted molar refractivity (Wildman–Crippen MR) is 55.7 cm³/mol. The maximum Gasteiger partial charge on any atom is 0.139 e. The van der Waals surface area contributed by atoms with Crippen molar-refractivity contribution < 1.29 is 4.79 Å². The number of aldehydes is 1. The molecule has 0 N–H and O–H groups in total. The first kappa shape index (κ1) is 8.51. The highest BCUT2D eigenvalue weighted by Crippen LogP contribution is 2.24. The molecule has 0 atom stereocenters. The highest BCUT2D eigenvalue weighted by Gasteiger charge is 2.01. The summed E-state index contributed by atoms with van der Waals surface area (Å²) in [5.74, 6) is 0. The smallest absolute Gasteiger partial charge is 0.139 e. The Morgan fingerprint density at radius 3 is 3.00 bits per heavy atom. The van der Waals surface area contributed by atoms with Gasteiger partial charge in [-0.25, -0.2) is 0 Å². The van der Waals surface area contributed by atoms with Crippen molar-refractivity contribution in [2.45, 2.75) is 6.54 Å². The lowest BCUT2D eigenvalue weighted by Crippen LogP contribution is -1.95. The van der Waals surface area contributed by atoms with Crippen LogP contribution in [0.1, 0.15) is 0 Å². The van der Waals surface area contributed by atoms with Gasteiger partial charge < -0.3 is 9.36 Å². The van der Waals surface area contributed by atoms with E-state index in [4.69, 9.17) is 0 Å². The Balaban J connectivity index is 2.67. The summed E-state index contributed by atoms with van der Waals surface area (Å²) < 4.78 is 2.99. The molecule has 0 amide bonds. The molecule has 1 aromatic carbocycles. The highest BCUT2D eigenvalue weighted by molar-refractivity contribution is 9.10. The Morgan fingerprint density at radius 1 is 1.38 bits per heavy atom. The van der Waals surface area contributed by atoms with Gasteiger partial charge in [0.05, 0.1) is 6.54 Å². The first-order chi connectivity index (χ1) is 6.33. The summed E-state index contributed by atoms with van der Waals surface area (Å²) in [5.41, 5.74) is 1.08. The molecule has 1 heterocycles. The van der Waals surface area contributed by atoms with Crippen molar-refractivity contribution in [3.05, 3.63) is 34.9 Å². The number of nitrogens with zero attached hydrogens (tertiary/aromatic N) is 1. The van der Waals surface area contributed by atoms with Crippen LogP contribution in [-0.2, 0) is 11.3 Å². The number of benzene rings is 1. The molecule has 0 saturated heterocycles. The Labute approximate surface area is 84.3 Å². The molecule has 0 spiro atoms. The Hall–Kier alpha value is -1.09. The minimum atomic E-state index is 0.417. The number of fused-ring (bicyclic) bond motifs is 1. The zero-order valence-electron chi connectivity index (χ0n) is 6.90. The Kier molecular flexibility index (Phi) is 2.19. The van der Waals surface area contributed by atoms with Gasteiger partial charge >= 0.3 is 0 Å². The van der Waals surface area contributed by atoms with Crippen molar-refractivity contribution in [1.29, 1.82) is 0 Å². The second kappa shape index (κ2) is 3.34. The first-order valence-corrected chi connectivity index (χ1v) is 4.79. The average molecular weight is 238 g/mol. The van der Waals surface area contributed by atoms with Crippen LogP contribution >= 0.6 is 15.9 Å². The maximum atomic E-state index is 10.4. The van der Waals surface area contributed by atoms with E-state index in [0.29, 0.717) is 6.54 Å². The van der Waals surface area contributed by atoms with Crippen LogP contribution in [0.25, 0.3) is 10.9 Å². The SMILES string of the molecule is O=CCn1ccc2c(Br)cccc21. The number of halogens is 1. The zero-order chi connectivity index (χ0) is 9.26. The van der Waals surface area contributed by atoms with Gasteiger partial charge in [0, 0.05) is 21.6 Å². The molecule has 0 fully saturated rings. The molecule has 2 aromatic rings. The summed E-state index contributed by atoms with van der Waals surface area (Å²) in [7, 11) is 0. The second-order valence-electron chi connectivity index (χ2n) is 2.81. The largest absolute Gasteiger partial charge is 0.340 e. The van der Waals surface area contributed by atoms with Crippen LogP contribution in [0.5, 0.6) is 0 Å². The molecular weight excluding hydrogens is 230 g/mol. The molecule has 0 aliphatic heterocycles. The van der Waals surface area contributed by atoms with Crippen LogP contribution < -0.4 is 0 Å². The minimum absolute atomic E-state index is 0.417. The summed E-state index contributed by atoms with van der Waals surface area (Å²) in [6.07, 6.45) is 2.82. The third-order valence-electron chi connectivity index (χ3n) is 2.03. The lowest BCUT2D eigenvalue weighted by atomic mass is 10.2. The summed E-state index contributed by atoms with van der Waals surface area (Å²) >= 11 is 3.46. The molecule has 3 heteroatoms. The van der Waals surface area contributed by atoms with E-state index in [1.807, 2.05) is 35.0 Å². The summed E-state index contributed by atoms with van der Waals surface area (Å²) in [4.78, 5) is 10.4. The van der Waals surface area contributed by atoms with Crippen LogP contribution in [0.4, 0.5) is 0 Å². The standard InChI is InChI=1S/C10H8BrNO/c11-9-2-1-3-10-8(9)4-5-12(10)6-7-13/h1-5,7H,6H2. The highest BCUT2D eigenvalue weighted by atomic mass is 79.9. The number of hydrogen-bond donors (Lipinski definition) is 0. The van der Waals surface area contributed by atoms with Gasteiger partial charge in [-0.15, -0.1) is 0 Å². The van der Waals surface area contributed by atoms with Crippen molar-refractivity contribution in [3.8, 4) is 0 Å². The minimum Gasteiger partial charge on any atom is -0.340 e. The molecule has 2 rings (SSSR count). The van der Waals surface area contributed by atoms with Crippen LogP contribution in [0.3, 0.4) is 0 Å². The van der Waals surface area contributed by atoms with Crippen LogP contribution in [0.2, 0.25) is 0 Å². The number of aromatic nitrogens is 1. The zero-order valence-corrected chi connectivity index (χ0v) is 8.49. The first-order valence-electron chi connectivity index (χ1n) is 4.00. The fourth-order valence-corrected chi connectivity index (χ4v) is 1.91. The monoisotopic (exact) mass is 237 g/mol. The number of hydrogen-bond acceptors (Lipinski definition) is 1.